The number of thiol groups is 6. The average Bonchev–Trinajstić information content (AvgIpc) is 2.33. The molecule has 8 aliphatic heterocycles. The predicted molar refractivity (Wildman–Crippen MR) is 197 cm³/mol. The van der Waals surface area contributed by atoms with Crippen LogP contribution in [0, 0.1) is 0 Å². The van der Waals surface area contributed by atoms with Gasteiger partial charge in [0.05, 0.1) is 0 Å². The Hall–Kier alpha value is 11.0. The van der Waals surface area contributed by atoms with Gasteiger partial charge in [-0.15, -0.1) is 0 Å². The van der Waals surface area contributed by atoms with Crippen molar-refractivity contribution in [2.24, 2.45) is 0 Å². The second-order valence-electron chi connectivity index (χ2n) is 3.83. The molecule has 8 rings (SSSR count). The summed E-state index contributed by atoms with van der Waals surface area (Å²) in [5.41, 5.74) is 0. The summed E-state index contributed by atoms with van der Waals surface area (Å²) in [6.07, 6.45) is 0. The molecule has 0 aliphatic carbocycles. The summed E-state index contributed by atoms with van der Waals surface area (Å²) in [7, 11) is 28.8. The summed E-state index contributed by atoms with van der Waals surface area (Å²) in [5.74, 6) is 0. The summed E-state index contributed by atoms with van der Waals surface area (Å²) in [6, 6.07) is 0. The molecule has 0 aromatic rings. The van der Waals surface area contributed by atoms with Crippen molar-refractivity contribution in [2.75, 3.05) is 0 Å². The van der Waals surface area contributed by atoms with Crippen molar-refractivity contribution in [2.45, 2.75) is 0 Å². The van der Waals surface area contributed by atoms with Gasteiger partial charge in [0.1, 0.15) is 0 Å². The summed E-state index contributed by atoms with van der Waals surface area (Å²) in [4.78, 5) is 0. The molecule has 27 heavy (non-hydrogen) atoms. The van der Waals surface area contributed by atoms with E-state index in [2.05, 4.69) is 109 Å². The zero-order valence-electron chi connectivity index (χ0n) is 12.0. The van der Waals surface area contributed by atoms with Crippen LogP contribution in [0.5, 0.6) is 0 Å². The molecule has 8 heterocycles. The van der Waals surface area contributed by atoms with Crippen LogP contribution in [0.2, 0.25) is 0 Å². The van der Waals surface area contributed by atoms with E-state index in [-0.39, 0.29) is 81.0 Å². The number of hydrogen-bond donors (Lipinski definition) is 0. The van der Waals surface area contributed by atoms with E-state index in [1.165, 1.54) is 0 Å². The zero-order valence-corrected chi connectivity index (χ0v) is 44.8. The van der Waals surface area contributed by atoms with E-state index >= 15 is 0 Å². The van der Waals surface area contributed by atoms with Gasteiger partial charge in [0.2, 0.25) is 0 Å². The number of hydrogen-bond acceptors (Lipinski definition) is 19. The molecule has 0 spiro atoms. The molecular formula is H6Ge8S19-6. The Labute approximate surface area is 265 Å². The Balaban J connectivity index is 0.00000113. The van der Waals surface area contributed by atoms with Crippen molar-refractivity contribution in [3.05, 3.63) is 0 Å². The van der Waals surface area contributed by atoms with Crippen LogP contribution in [0.15, 0.2) is 0 Å². The van der Waals surface area contributed by atoms with E-state index < -0.39 is 82.9 Å². The minimum atomic E-state index is -1.52. The van der Waals surface area contributed by atoms with Crippen molar-refractivity contribution in [1.82, 2.24) is 0 Å². The second kappa shape index (κ2) is 16.4. The van der Waals surface area contributed by atoms with E-state index in [0.29, 0.717) is 0 Å². The van der Waals surface area contributed by atoms with Gasteiger partial charge >= 0.3 is 192 Å². The first-order valence-electron chi connectivity index (χ1n) is 5.31. The third-order valence-corrected chi connectivity index (χ3v) is 608. The summed E-state index contributed by atoms with van der Waals surface area (Å²) >= 11 is 0. The fraction of sp³-hybridized carbons (Fsp3) is 0. The molecule has 27 heteroatoms. The normalized spacial score (nSPS) is 30.2. The Morgan fingerprint density at radius 1 is 0.370 bits per heavy atom. The molecule has 0 N–H and O–H groups in total. The maximum atomic E-state index is 2.94. The van der Waals surface area contributed by atoms with Crippen LogP contribution in [-0.2, 0) is 81.0 Å². The molecule has 8 bridgehead atoms. The van der Waals surface area contributed by atoms with E-state index in [9.17, 15) is 0 Å². The topological polar surface area (TPSA) is 0 Å². The zero-order chi connectivity index (χ0) is 13.7. The van der Waals surface area contributed by atoms with Crippen molar-refractivity contribution in [3.8, 4) is 0 Å². The van der Waals surface area contributed by atoms with Crippen LogP contribution in [0.25, 0.3) is 0 Å². The fourth-order valence-corrected chi connectivity index (χ4v) is 1640. The van der Waals surface area contributed by atoms with Crippen LogP contribution in [0.1, 0.15) is 0 Å². The van der Waals surface area contributed by atoms with Crippen molar-refractivity contribution < 1.29 is 0 Å². The van der Waals surface area contributed by atoms with E-state index in [0.717, 1.165) is 0 Å². The summed E-state index contributed by atoms with van der Waals surface area (Å²) in [6.45, 7) is 0. The van der Waals surface area contributed by atoms with Gasteiger partial charge in [-0.05, 0) is 0 Å². The molecule has 8 fully saturated rings. The van der Waals surface area contributed by atoms with Gasteiger partial charge in [-0.25, -0.2) is 0 Å². The van der Waals surface area contributed by atoms with Crippen LogP contribution in [-0.4, -0.2) is 82.9 Å². The van der Waals surface area contributed by atoms with Crippen LogP contribution >= 0.6 is 109 Å². The van der Waals surface area contributed by atoms with Crippen LogP contribution in [0.3, 0.4) is 0 Å². The molecule has 0 amide bonds. The van der Waals surface area contributed by atoms with Gasteiger partial charge in [-0.3, -0.25) is 0 Å². The Morgan fingerprint density at radius 3 is 0.741 bits per heavy atom. The predicted octanol–water partition coefficient (Wildman–Crippen LogP) is 3.76. The average molecular weight is 1200 g/mol. The first-order chi connectivity index (χ1) is 10.2. The first-order valence-corrected chi connectivity index (χ1v) is 82.7. The van der Waals surface area contributed by atoms with Crippen LogP contribution < -0.4 is 0 Å². The van der Waals surface area contributed by atoms with Gasteiger partial charge in [-0.1, -0.05) is 0 Å². The summed E-state index contributed by atoms with van der Waals surface area (Å²) < 4.78 is 0. The molecule has 0 saturated carbocycles. The molecule has 8 aliphatic rings. The standard InChI is InChI=1S/Ge8S13.6H2S/c9-1-10-3-11-2(9)16-7(15-1,17-3)21-8-18-4-12-5(19-8)14-6(13-4)20-8;;;;;;/h;6*1H2/p-6. The van der Waals surface area contributed by atoms with Gasteiger partial charge in [-0.2, -0.15) is 0 Å². The first kappa shape index (κ1) is 38.0. The third kappa shape index (κ3) is 8.99. The quantitative estimate of drug-likeness (QED) is 0.224. The van der Waals surface area contributed by atoms with Crippen molar-refractivity contribution >= 4 is 273 Å². The van der Waals surface area contributed by atoms with E-state index in [1.54, 1.807) is 0 Å². The molecule has 6 radical (unpaired) electrons. The molecule has 0 unspecified atom stereocenters. The van der Waals surface area contributed by atoms with E-state index in [4.69, 9.17) is 0 Å². The van der Waals surface area contributed by atoms with Crippen LogP contribution in [0.4, 0.5) is 0 Å². The molecule has 0 aromatic carbocycles. The molecule has 8 saturated heterocycles. The minimum absolute atomic E-state index is 0. The molecule has 0 atom stereocenters. The fourth-order valence-electron chi connectivity index (χ4n) is 1.80. The van der Waals surface area contributed by atoms with Gasteiger partial charge < -0.3 is 81.0 Å². The van der Waals surface area contributed by atoms with Gasteiger partial charge in [0.25, 0.3) is 0 Å². The molecule has 0 nitrogen and oxygen atoms in total. The maximum absolute atomic E-state index is 2.94. The molecule has 0 aromatic heterocycles. The Bertz CT molecular complexity index is 370. The molecule has 158 valence electrons. The number of rotatable bonds is 2. The third-order valence-electron chi connectivity index (χ3n) is 2.50. The monoisotopic (exact) mass is 1200 g/mol. The van der Waals surface area contributed by atoms with Gasteiger partial charge in [0.15, 0.2) is 0 Å². The van der Waals surface area contributed by atoms with Crippen molar-refractivity contribution in [1.29, 1.82) is 0 Å². The second-order valence-corrected chi connectivity index (χ2v) is 224. The summed E-state index contributed by atoms with van der Waals surface area (Å²) in [5, 5.41) is 0. The SMILES string of the molecule is [SH-].[SH-].[SH-].[SH-].[SH-].[SH-].[S]1[Ge]2[S][Ge]3[S][Ge]1[S][Ge]([S][Ge]14[S][Ge]5[S][Ge]([S][Ge]([S]5)[S]1)[S]4)([S]2)[S]3. The van der Waals surface area contributed by atoms with Gasteiger partial charge in [0, 0.05) is 0 Å². The molecular weight excluding hydrogens is 1190 g/mol. The van der Waals surface area contributed by atoms with E-state index in [1.807, 2.05) is 0 Å². The Morgan fingerprint density at radius 2 is 0.556 bits per heavy atom. The van der Waals surface area contributed by atoms with Crippen molar-refractivity contribution in [3.63, 3.8) is 0 Å². The Kier molecular flexibility index (Phi) is 23.1.